The van der Waals surface area contributed by atoms with Crippen molar-refractivity contribution in [3.63, 3.8) is 0 Å². The number of unbranched alkanes of at least 4 members (excludes halogenated alkanes) is 10. The first kappa shape index (κ1) is 22.4. The average molecular weight is 330 g/mol. The summed E-state index contributed by atoms with van der Waals surface area (Å²) in [5.74, 6) is 0. The highest BCUT2D eigenvalue weighted by molar-refractivity contribution is 7.75. The van der Waals surface area contributed by atoms with Crippen LogP contribution in [0.2, 0.25) is 0 Å². The van der Waals surface area contributed by atoms with Gasteiger partial charge in [0.25, 0.3) is 0 Å². The predicted molar refractivity (Wildman–Crippen MR) is 109 cm³/mol. The molecule has 1 heteroatoms. The van der Waals surface area contributed by atoms with Crippen LogP contribution < -0.4 is 0 Å². The molecule has 0 bridgehead atoms. The summed E-state index contributed by atoms with van der Waals surface area (Å²) < 4.78 is 0. The van der Waals surface area contributed by atoms with Crippen molar-refractivity contribution in [2.24, 2.45) is 0 Å². The monoisotopic (exact) mass is 329 g/mol. The Labute approximate surface area is 143 Å². The van der Waals surface area contributed by atoms with Crippen LogP contribution in [0.1, 0.15) is 111 Å². The molecule has 0 spiro atoms. The SMILES string of the molecule is CCCCCCC[P+](CC)(CCCCC)CCCCCCC. The van der Waals surface area contributed by atoms with Gasteiger partial charge in [-0.2, -0.15) is 0 Å². The van der Waals surface area contributed by atoms with Gasteiger partial charge >= 0.3 is 0 Å². The van der Waals surface area contributed by atoms with E-state index in [1.54, 1.807) is 18.5 Å². The van der Waals surface area contributed by atoms with Gasteiger partial charge in [-0.1, -0.05) is 72.1 Å². The van der Waals surface area contributed by atoms with Crippen molar-refractivity contribution in [1.29, 1.82) is 0 Å². The summed E-state index contributed by atoms with van der Waals surface area (Å²) in [6.45, 7) is 9.51. The normalized spacial score (nSPS) is 12.0. The van der Waals surface area contributed by atoms with Crippen molar-refractivity contribution in [2.45, 2.75) is 111 Å². The van der Waals surface area contributed by atoms with E-state index < -0.39 is 7.26 Å². The summed E-state index contributed by atoms with van der Waals surface area (Å²) in [7, 11) is -0.604. The van der Waals surface area contributed by atoms with Crippen LogP contribution in [0.25, 0.3) is 0 Å². The molecule has 0 aromatic carbocycles. The lowest BCUT2D eigenvalue weighted by molar-refractivity contribution is 0.649. The van der Waals surface area contributed by atoms with Crippen molar-refractivity contribution >= 4 is 7.26 Å². The Morgan fingerprint density at radius 1 is 0.409 bits per heavy atom. The minimum Gasteiger partial charge on any atom is -0.0654 e. The predicted octanol–water partition coefficient (Wildman–Crippen LogP) is 8.15. The molecular formula is C21H46P+. The van der Waals surface area contributed by atoms with Crippen molar-refractivity contribution in [1.82, 2.24) is 0 Å². The summed E-state index contributed by atoms with van der Waals surface area (Å²) in [4.78, 5) is 0. The van der Waals surface area contributed by atoms with Crippen LogP contribution >= 0.6 is 7.26 Å². The molecule has 0 aliphatic rings. The Morgan fingerprint density at radius 2 is 0.727 bits per heavy atom. The van der Waals surface area contributed by atoms with E-state index in [1.807, 2.05) is 0 Å². The first-order valence-corrected chi connectivity index (χ1v) is 13.1. The number of hydrogen-bond donors (Lipinski definition) is 0. The average Bonchev–Trinajstić information content (AvgIpc) is 2.54. The molecule has 0 rings (SSSR count). The Kier molecular flexibility index (Phi) is 16.6. The van der Waals surface area contributed by atoms with Crippen LogP contribution in [-0.2, 0) is 0 Å². The Hall–Kier alpha value is 0.430. The third-order valence-electron chi connectivity index (χ3n) is 5.38. The molecule has 0 aliphatic carbocycles. The third-order valence-corrected chi connectivity index (χ3v) is 10.5. The fourth-order valence-electron chi connectivity index (χ4n) is 3.61. The molecule has 0 heterocycles. The second-order valence-corrected chi connectivity index (χ2v) is 12.0. The molecule has 0 saturated heterocycles. The van der Waals surface area contributed by atoms with E-state index in [9.17, 15) is 0 Å². The molecule has 22 heavy (non-hydrogen) atoms. The maximum absolute atomic E-state index is 2.51. The van der Waals surface area contributed by atoms with Crippen molar-refractivity contribution in [3.05, 3.63) is 0 Å². The van der Waals surface area contributed by atoms with Crippen LogP contribution in [0.4, 0.5) is 0 Å². The van der Waals surface area contributed by atoms with Gasteiger partial charge in [-0.05, 0) is 39.0 Å². The lowest BCUT2D eigenvalue weighted by Gasteiger charge is -2.27. The minimum absolute atomic E-state index is 0.604. The molecule has 0 saturated carbocycles. The molecule has 0 radical (unpaired) electrons. The van der Waals surface area contributed by atoms with Crippen LogP contribution in [0.5, 0.6) is 0 Å². The second kappa shape index (κ2) is 16.3. The zero-order valence-corrected chi connectivity index (χ0v) is 17.4. The maximum Gasteiger partial charge on any atom is 0.0594 e. The first-order chi connectivity index (χ1) is 10.7. The van der Waals surface area contributed by atoms with Crippen molar-refractivity contribution in [2.75, 3.05) is 24.6 Å². The smallest absolute Gasteiger partial charge is 0.0594 e. The molecule has 0 atom stereocenters. The molecule has 0 aliphatic heterocycles. The van der Waals surface area contributed by atoms with E-state index in [4.69, 9.17) is 0 Å². The number of rotatable bonds is 17. The molecule has 0 unspecified atom stereocenters. The van der Waals surface area contributed by atoms with Crippen molar-refractivity contribution < 1.29 is 0 Å². The van der Waals surface area contributed by atoms with Gasteiger partial charge in [0.05, 0.1) is 24.6 Å². The zero-order chi connectivity index (χ0) is 16.5. The van der Waals surface area contributed by atoms with Crippen LogP contribution in [0.3, 0.4) is 0 Å². The van der Waals surface area contributed by atoms with E-state index >= 15 is 0 Å². The van der Waals surface area contributed by atoms with Crippen molar-refractivity contribution in [3.8, 4) is 0 Å². The van der Waals surface area contributed by atoms with E-state index in [1.165, 1.54) is 89.6 Å². The molecule has 0 fully saturated rings. The molecule has 0 aromatic rings. The summed E-state index contributed by atoms with van der Waals surface area (Å²) >= 11 is 0. The van der Waals surface area contributed by atoms with Gasteiger partial charge in [-0.25, -0.2) is 0 Å². The summed E-state index contributed by atoms with van der Waals surface area (Å²) in [6.07, 6.45) is 25.4. The Morgan fingerprint density at radius 3 is 1.09 bits per heavy atom. The topological polar surface area (TPSA) is 0 Å². The summed E-state index contributed by atoms with van der Waals surface area (Å²) in [5.41, 5.74) is 0. The lowest BCUT2D eigenvalue weighted by atomic mass is 10.2. The van der Waals surface area contributed by atoms with Gasteiger partial charge in [-0.3, -0.25) is 0 Å². The highest BCUT2D eigenvalue weighted by Crippen LogP contribution is 2.60. The van der Waals surface area contributed by atoms with E-state index in [0.29, 0.717) is 0 Å². The minimum atomic E-state index is -0.604. The van der Waals surface area contributed by atoms with Gasteiger partial charge in [-0.15, -0.1) is 0 Å². The van der Waals surface area contributed by atoms with Gasteiger partial charge in [0.15, 0.2) is 0 Å². The standard InChI is InChI=1S/C21H46P/c1-5-9-12-14-17-20-22(8-4,19-16-11-7-3)21-18-15-13-10-6-2/h5-21H2,1-4H3/q+1. The maximum atomic E-state index is 2.51. The van der Waals surface area contributed by atoms with E-state index in [-0.39, 0.29) is 0 Å². The first-order valence-electron chi connectivity index (χ1n) is 10.6. The van der Waals surface area contributed by atoms with Crippen LogP contribution in [0.15, 0.2) is 0 Å². The molecule has 0 amide bonds. The number of hydrogen-bond acceptors (Lipinski definition) is 0. The largest absolute Gasteiger partial charge is 0.0654 e. The van der Waals surface area contributed by atoms with Gasteiger partial charge in [0, 0.05) is 7.26 Å². The molecule has 0 N–H and O–H groups in total. The lowest BCUT2D eigenvalue weighted by Crippen LogP contribution is -2.11. The molecular weight excluding hydrogens is 283 g/mol. The van der Waals surface area contributed by atoms with Crippen LogP contribution in [0, 0.1) is 0 Å². The highest BCUT2D eigenvalue weighted by atomic mass is 31.2. The third kappa shape index (κ3) is 11.9. The van der Waals surface area contributed by atoms with Gasteiger partial charge in [0.2, 0.25) is 0 Å². The Bertz CT molecular complexity index is 198. The quantitative estimate of drug-likeness (QED) is 0.186. The molecule has 0 aromatic heterocycles. The van der Waals surface area contributed by atoms with Crippen LogP contribution in [-0.4, -0.2) is 24.6 Å². The fraction of sp³-hybridized carbons (Fsp3) is 1.00. The summed E-state index contributed by atoms with van der Waals surface area (Å²) in [6, 6.07) is 0. The van der Waals surface area contributed by atoms with E-state index in [0.717, 1.165) is 0 Å². The molecule has 0 nitrogen and oxygen atoms in total. The summed E-state index contributed by atoms with van der Waals surface area (Å²) in [5, 5.41) is 0. The fourth-order valence-corrected chi connectivity index (χ4v) is 7.91. The Balaban J connectivity index is 4.18. The zero-order valence-electron chi connectivity index (χ0n) is 16.5. The van der Waals surface area contributed by atoms with E-state index in [2.05, 4.69) is 27.7 Å². The van der Waals surface area contributed by atoms with Gasteiger partial charge < -0.3 is 0 Å². The molecule has 134 valence electrons. The highest BCUT2D eigenvalue weighted by Gasteiger charge is 2.33. The second-order valence-electron chi connectivity index (χ2n) is 7.36. The van der Waals surface area contributed by atoms with Gasteiger partial charge in [0.1, 0.15) is 0 Å².